The number of hydrogen-bond donors (Lipinski definition) is 3. The summed E-state index contributed by atoms with van der Waals surface area (Å²) in [4.78, 5) is 10.5. The van der Waals surface area contributed by atoms with Crippen LogP contribution >= 0.6 is 11.6 Å². The fourth-order valence-corrected chi connectivity index (χ4v) is 1.82. The van der Waals surface area contributed by atoms with Crippen molar-refractivity contribution in [1.82, 2.24) is 5.32 Å². The molecule has 0 saturated carbocycles. The molecule has 21 heavy (non-hydrogen) atoms. The second kappa shape index (κ2) is 6.32. The van der Waals surface area contributed by atoms with Crippen LogP contribution in [0.2, 0.25) is 5.02 Å². The summed E-state index contributed by atoms with van der Waals surface area (Å²) in [5.41, 5.74) is 6.76. The van der Waals surface area contributed by atoms with Gasteiger partial charge >= 0.3 is 6.09 Å². The zero-order chi connectivity index (χ0) is 15.4. The predicted molar refractivity (Wildman–Crippen MR) is 77.2 cm³/mol. The number of anilines is 1. The fourth-order valence-electron chi connectivity index (χ4n) is 1.65. The minimum absolute atomic E-state index is 0.0456. The average Bonchev–Trinajstić information content (AvgIpc) is 2.43. The number of halogens is 2. The molecule has 0 saturated heterocycles. The Morgan fingerprint density at radius 3 is 2.62 bits per heavy atom. The zero-order valence-electron chi connectivity index (χ0n) is 10.8. The summed E-state index contributed by atoms with van der Waals surface area (Å²) in [6, 6.07) is 8.80. The van der Waals surface area contributed by atoms with Crippen LogP contribution < -0.4 is 15.8 Å². The van der Waals surface area contributed by atoms with Crippen molar-refractivity contribution in [2.24, 2.45) is 0 Å². The lowest BCUT2D eigenvalue weighted by Gasteiger charge is -2.10. The van der Waals surface area contributed by atoms with E-state index >= 15 is 0 Å². The van der Waals surface area contributed by atoms with Gasteiger partial charge in [0.1, 0.15) is 17.3 Å². The van der Waals surface area contributed by atoms with E-state index in [4.69, 9.17) is 27.2 Å². The van der Waals surface area contributed by atoms with E-state index < -0.39 is 11.9 Å². The van der Waals surface area contributed by atoms with Gasteiger partial charge in [-0.3, -0.25) is 0 Å². The Hall–Kier alpha value is -2.47. The largest absolute Gasteiger partial charge is 0.465 e. The molecule has 2 rings (SSSR count). The van der Waals surface area contributed by atoms with E-state index in [1.54, 1.807) is 18.2 Å². The highest BCUT2D eigenvalue weighted by Gasteiger charge is 2.06. The number of benzene rings is 2. The van der Waals surface area contributed by atoms with Crippen LogP contribution in [0.3, 0.4) is 0 Å². The van der Waals surface area contributed by atoms with Crippen molar-refractivity contribution in [3.8, 4) is 11.5 Å². The summed E-state index contributed by atoms with van der Waals surface area (Å²) >= 11 is 5.67. The quantitative estimate of drug-likeness (QED) is 0.753. The molecule has 0 fully saturated rings. The van der Waals surface area contributed by atoms with Gasteiger partial charge in [0.05, 0.1) is 5.02 Å². The molecule has 0 aromatic heterocycles. The number of carboxylic acid groups (broad SMARTS) is 1. The normalized spacial score (nSPS) is 10.2. The summed E-state index contributed by atoms with van der Waals surface area (Å²) in [6.45, 7) is 0.0581. The molecular formula is C14H12ClFN2O3. The maximum absolute atomic E-state index is 13.1. The third kappa shape index (κ3) is 4.00. The molecule has 0 aliphatic carbocycles. The molecule has 4 N–H and O–H groups in total. The van der Waals surface area contributed by atoms with Gasteiger partial charge in [0, 0.05) is 18.3 Å². The van der Waals surface area contributed by atoms with Gasteiger partial charge in [-0.05, 0) is 35.9 Å². The fraction of sp³-hybridized carbons (Fsp3) is 0.0714. The van der Waals surface area contributed by atoms with Gasteiger partial charge in [0.2, 0.25) is 0 Å². The molecule has 0 aliphatic heterocycles. The molecule has 0 heterocycles. The molecule has 0 spiro atoms. The van der Waals surface area contributed by atoms with E-state index in [0.29, 0.717) is 22.7 Å². The zero-order valence-corrected chi connectivity index (χ0v) is 11.5. The van der Waals surface area contributed by atoms with Crippen LogP contribution in [-0.4, -0.2) is 11.2 Å². The van der Waals surface area contributed by atoms with Crippen molar-refractivity contribution >= 4 is 23.4 Å². The molecule has 7 heteroatoms. The number of rotatable bonds is 4. The summed E-state index contributed by atoms with van der Waals surface area (Å²) in [5, 5.41) is 10.8. The minimum Gasteiger partial charge on any atom is -0.465 e. The Morgan fingerprint density at radius 1 is 1.29 bits per heavy atom. The number of carbonyl (C=O) groups is 1. The minimum atomic E-state index is -1.15. The van der Waals surface area contributed by atoms with Crippen molar-refractivity contribution in [3.63, 3.8) is 0 Å². The van der Waals surface area contributed by atoms with Crippen molar-refractivity contribution in [1.29, 1.82) is 0 Å². The standard InChI is InChI=1S/C14H12ClFN2O3/c15-11-6-10(1-3-12(11)16)21-9-2-4-13(17)8(5-9)7-18-14(19)20/h1-6,18H,7,17H2,(H,19,20). The van der Waals surface area contributed by atoms with Crippen LogP contribution in [0, 0.1) is 5.82 Å². The molecule has 0 aliphatic rings. The Balaban J connectivity index is 2.18. The number of hydrogen-bond acceptors (Lipinski definition) is 3. The lowest BCUT2D eigenvalue weighted by Crippen LogP contribution is -2.20. The average molecular weight is 311 g/mol. The van der Waals surface area contributed by atoms with Crippen molar-refractivity contribution < 1.29 is 19.0 Å². The molecule has 110 valence electrons. The monoisotopic (exact) mass is 310 g/mol. The Kier molecular flexibility index (Phi) is 4.49. The first-order chi connectivity index (χ1) is 9.95. The molecule has 1 amide bonds. The van der Waals surface area contributed by atoms with Gasteiger partial charge in [0.25, 0.3) is 0 Å². The lowest BCUT2D eigenvalue weighted by molar-refractivity contribution is 0.194. The lowest BCUT2D eigenvalue weighted by atomic mass is 10.1. The van der Waals surface area contributed by atoms with Crippen LogP contribution in [0.1, 0.15) is 5.56 Å². The van der Waals surface area contributed by atoms with Gasteiger partial charge < -0.3 is 20.9 Å². The Labute approximate surface area is 125 Å². The molecule has 0 radical (unpaired) electrons. The highest BCUT2D eigenvalue weighted by Crippen LogP contribution is 2.28. The summed E-state index contributed by atoms with van der Waals surface area (Å²) < 4.78 is 18.6. The van der Waals surface area contributed by atoms with Gasteiger partial charge in [0.15, 0.2) is 0 Å². The van der Waals surface area contributed by atoms with Crippen LogP contribution in [-0.2, 0) is 6.54 Å². The molecule has 0 unspecified atom stereocenters. The highest BCUT2D eigenvalue weighted by molar-refractivity contribution is 6.30. The SMILES string of the molecule is Nc1ccc(Oc2ccc(F)c(Cl)c2)cc1CNC(=O)O. The van der Waals surface area contributed by atoms with E-state index in [1.807, 2.05) is 0 Å². The first-order valence-corrected chi connectivity index (χ1v) is 6.31. The predicted octanol–water partition coefficient (Wildman–Crippen LogP) is 3.62. The summed E-state index contributed by atoms with van der Waals surface area (Å²) in [7, 11) is 0. The van der Waals surface area contributed by atoms with Crippen molar-refractivity contribution in [2.75, 3.05) is 5.73 Å². The number of nitrogens with two attached hydrogens (primary N) is 1. The highest BCUT2D eigenvalue weighted by atomic mass is 35.5. The van der Waals surface area contributed by atoms with Crippen LogP contribution in [0.15, 0.2) is 36.4 Å². The maximum Gasteiger partial charge on any atom is 0.404 e. The van der Waals surface area contributed by atoms with Crippen LogP contribution in [0.5, 0.6) is 11.5 Å². The first kappa shape index (κ1) is 14.9. The molecule has 2 aromatic rings. The molecule has 0 bridgehead atoms. The number of nitrogens with one attached hydrogen (secondary N) is 1. The third-order valence-corrected chi connectivity index (χ3v) is 2.96. The first-order valence-electron chi connectivity index (χ1n) is 5.94. The number of ether oxygens (including phenoxy) is 1. The second-order valence-corrected chi connectivity index (χ2v) is 4.60. The van der Waals surface area contributed by atoms with E-state index in [9.17, 15) is 9.18 Å². The maximum atomic E-state index is 13.1. The van der Waals surface area contributed by atoms with E-state index in [0.717, 1.165) is 0 Å². The Morgan fingerprint density at radius 2 is 1.95 bits per heavy atom. The second-order valence-electron chi connectivity index (χ2n) is 4.20. The van der Waals surface area contributed by atoms with E-state index in [1.165, 1.54) is 18.2 Å². The smallest absolute Gasteiger partial charge is 0.404 e. The third-order valence-electron chi connectivity index (χ3n) is 2.67. The number of amides is 1. The summed E-state index contributed by atoms with van der Waals surface area (Å²) in [6.07, 6.45) is -1.15. The summed E-state index contributed by atoms with van der Waals surface area (Å²) in [5.74, 6) is 0.269. The molecule has 2 aromatic carbocycles. The molecular weight excluding hydrogens is 299 g/mol. The topological polar surface area (TPSA) is 84.6 Å². The van der Waals surface area contributed by atoms with E-state index in [2.05, 4.69) is 5.32 Å². The van der Waals surface area contributed by atoms with E-state index in [-0.39, 0.29) is 11.6 Å². The molecule has 0 atom stereocenters. The van der Waals surface area contributed by atoms with Crippen LogP contribution in [0.25, 0.3) is 0 Å². The molecule has 5 nitrogen and oxygen atoms in total. The van der Waals surface area contributed by atoms with Gasteiger partial charge in [-0.2, -0.15) is 0 Å². The van der Waals surface area contributed by atoms with Gasteiger partial charge in [-0.1, -0.05) is 11.6 Å². The Bertz CT molecular complexity index is 679. The van der Waals surface area contributed by atoms with Crippen molar-refractivity contribution in [3.05, 3.63) is 52.8 Å². The van der Waals surface area contributed by atoms with Gasteiger partial charge in [-0.15, -0.1) is 0 Å². The van der Waals surface area contributed by atoms with Gasteiger partial charge in [-0.25, -0.2) is 9.18 Å². The number of nitrogen functional groups attached to an aromatic ring is 1. The van der Waals surface area contributed by atoms with Crippen molar-refractivity contribution in [2.45, 2.75) is 6.54 Å². The van der Waals surface area contributed by atoms with Crippen LogP contribution in [0.4, 0.5) is 14.9 Å².